The molecule has 0 bridgehead atoms. The van der Waals surface area contributed by atoms with Gasteiger partial charge in [-0.3, -0.25) is 9.69 Å². The van der Waals surface area contributed by atoms with E-state index in [1.807, 2.05) is 67.6 Å². The summed E-state index contributed by atoms with van der Waals surface area (Å²) in [4.78, 5) is 15.1. The van der Waals surface area contributed by atoms with Crippen molar-refractivity contribution in [2.75, 3.05) is 4.90 Å². The zero-order chi connectivity index (χ0) is 20.4. The number of anilines is 1. The topological polar surface area (TPSA) is 44.1 Å². The van der Waals surface area contributed by atoms with Gasteiger partial charge in [-0.1, -0.05) is 77.8 Å². The largest absolute Gasteiger partial charge is 0.280 e. The third kappa shape index (κ3) is 3.68. The summed E-state index contributed by atoms with van der Waals surface area (Å²) in [5.74, 6) is -1.35. The maximum Gasteiger partial charge on any atom is 0.249 e. The van der Waals surface area contributed by atoms with Gasteiger partial charge in [0.2, 0.25) is 5.91 Å². The molecule has 142 valence electrons. The molecule has 3 aromatic rings. The minimum absolute atomic E-state index is 0.234. The van der Waals surface area contributed by atoms with E-state index in [1.54, 1.807) is 29.2 Å². The lowest BCUT2D eigenvalue weighted by Gasteiger charge is -2.35. The first kappa shape index (κ1) is 19.0. The molecular formula is C25H19ClN2O. The van der Waals surface area contributed by atoms with Gasteiger partial charge in [-0.15, -0.1) is 0 Å². The molecular weight excluding hydrogens is 380 g/mol. The number of allylic oxidation sites excluding steroid dienone is 1. The predicted molar refractivity (Wildman–Crippen MR) is 116 cm³/mol. The van der Waals surface area contributed by atoms with E-state index in [4.69, 9.17) is 11.6 Å². The van der Waals surface area contributed by atoms with Crippen molar-refractivity contribution in [2.45, 2.75) is 12.8 Å². The highest BCUT2D eigenvalue weighted by Crippen LogP contribution is 2.40. The van der Waals surface area contributed by atoms with Crippen molar-refractivity contribution in [2.24, 2.45) is 5.92 Å². The maximum absolute atomic E-state index is 13.5. The summed E-state index contributed by atoms with van der Waals surface area (Å²) in [5, 5.41) is 10.5. The van der Waals surface area contributed by atoms with Crippen molar-refractivity contribution in [3.8, 4) is 6.07 Å². The van der Waals surface area contributed by atoms with E-state index in [-0.39, 0.29) is 11.8 Å². The minimum Gasteiger partial charge on any atom is -0.280 e. The second-order valence-electron chi connectivity index (χ2n) is 7.11. The summed E-state index contributed by atoms with van der Waals surface area (Å²) in [6, 6.07) is 27.1. The summed E-state index contributed by atoms with van der Waals surface area (Å²) in [7, 11) is 0. The highest BCUT2D eigenvalue weighted by atomic mass is 35.5. The number of benzene rings is 3. The number of rotatable bonds is 3. The number of hydrogen-bond acceptors (Lipinski definition) is 2. The van der Waals surface area contributed by atoms with Crippen LogP contribution >= 0.6 is 11.6 Å². The smallest absolute Gasteiger partial charge is 0.249 e. The summed E-state index contributed by atoms with van der Waals surface area (Å²) >= 11 is 6.04. The third-order valence-electron chi connectivity index (χ3n) is 5.18. The second-order valence-corrected chi connectivity index (χ2v) is 7.55. The first-order valence-corrected chi connectivity index (χ1v) is 9.79. The SMILES string of the molecule is Cc1ccc([C@H]2C=C(c3ccccc3)N(c3ccc(Cl)cc3)C(=O)[C@@H]2C#N)cc1. The molecule has 0 unspecified atom stereocenters. The Morgan fingerprint density at radius 1 is 0.931 bits per heavy atom. The van der Waals surface area contributed by atoms with Crippen LogP contribution in [0.3, 0.4) is 0 Å². The Balaban J connectivity index is 1.90. The first-order valence-electron chi connectivity index (χ1n) is 9.41. The Hall–Kier alpha value is -3.35. The predicted octanol–water partition coefficient (Wildman–Crippen LogP) is 5.96. The number of hydrogen-bond donors (Lipinski definition) is 0. The van der Waals surface area contributed by atoms with Crippen molar-refractivity contribution >= 4 is 28.9 Å². The van der Waals surface area contributed by atoms with Crippen molar-refractivity contribution in [3.05, 3.63) is 107 Å². The molecule has 4 rings (SSSR count). The Labute approximate surface area is 175 Å². The monoisotopic (exact) mass is 398 g/mol. The van der Waals surface area contributed by atoms with Crippen LogP contribution < -0.4 is 4.90 Å². The maximum atomic E-state index is 13.5. The lowest BCUT2D eigenvalue weighted by Crippen LogP contribution is -2.40. The molecule has 3 aromatic carbocycles. The third-order valence-corrected chi connectivity index (χ3v) is 5.43. The average Bonchev–Trinajstić information content (AvgIpc) is 2.75. The molecule has 0 saturated carbocycles. The van der Waals surface area contributed by atoms with E-state index in [1.165, 1.54) is 0 Å². The molecule has 3 nitrogen and oxygen atoms in total. The molecule has 29 heavy (non-hydrogen) atoms. The number of nitrogens with zero attached hydrogens (tertiary/aromatic N) is 2. The van der Waals surface area contributed by atoms with Crippen LogP contribution in [0.25, 0.3) is 5.70 Å². The Bertz CT molecular complexity index is 1100. The lowest BCUT2D eigenvalue weighted by atomic mass is 9.81. The Morgan fingerprint density at radius 2 is 1.59 bits per heavy atom. The van der Waals surface area contributed by atoms with Gasteiger partial charge >= 0.3 is 0 Å². The number of aryl methyl sites for hydroxylation is 1. The Kier molecular flexibility index (Phi) is 5.20. The second kappa shape index (κ2) is 7.95. The van der Waals surface area contributed by atoms with Gasteiger partial charge in [0.05, 0.1) is 11.8 Å². The highest BCUT2D eigenvalue weighted by molar-refractivity contribution is 6.30. The zero-order valence-corrected chi connectivity index (χ0v) is 16.7. The van der Waals surface area contributed by atoms with Gasteiger partial charge in [-0.25, -0.2) is 0 Å². The molecule has 2 atom stereocenters. The summed E-state index contributed by atoms with van der Waals surface area (Å²) in [5.41, 5.74) is 4.48. The van der Waals surface area contributed by atoms with E-state index in [0.717, 1.165) is 22.4 Å². The summed E-state index contributed by atoms with van der Waals surface area (Å²) in [6.07, 6.45) is 2.03. The van der Waals surface area contributed by atoms with Gasteiger partial charge in [-0.2, -0.15) is 5.26 Å². The molecule has 4 heteroatoms. The van der Waals surface area contributed by atoms with Gasteiger partial charge in [0.15, 0.2) is 0 Å². The number of halogens is 1. The fourth-order valence-electron chi connectivity index (χ4n) is 3.66. The van der Waals surface area contributed by atoms with Crippen LogP contribution in [0.1, 0.15) is 22.6 Å². The van der Waals surface area contributed by atoms with Crippen LogP contribution in [0, 0.1) is 24.2 Å². The van der Waals surface area contributed by atoms with E-state index < -0.39 is 5.92 Å². The van der Waals surface area contributed by atoms with Gasteiger partial charge in [0, 0.05) is 16.6 Å². The lowest BCUT2D eigenvalue weighted by molar-refractivity contribution is -0.120. The van der Waals surface area contributed by atoms with Crippen LogP contribution in [0.2, 0.25) is 5.02 Å². The van der Waals surface area contributed by atoms with Crippen molar-refractivity contribution in [1.82, 2.24) is 0 Å². The van der Waals surface area contributed by atoms with Gasteiger partial charge < -0.3 is 0 Å². The number of nitriles is 1. The highest BCUT2D eigenvalue weighted by Gasteiger charge is 2.39. The molecule has 0 radical (unpaired) electrons. The average molecular weight is 399 g/mol. The molecule has 1 amide bonds. The summed E-state index contributed by atoms with van der Waals surface area (Å²) < 4.78 is 0. The summed E-state index contributed by atoms with van der Waals surface area (Å²) in [6.45, 7) is 2.02. The number of carbonyl (C=O) groups is 1. The van der Waals surface area contributed by atoms with E-state index in [9.17, 15) is 10.1 Å². The fraction of sp³-hybridized carbons (Fsp3) is 0.120. The molecule has 1 aliphatic heterocycles. The molecule has 0 aromatic heterocycles. The Morgan fingerprint density at radius 3 is 2.21 bits per heavy atom. The van der Waals surface area contributed by atoms with Crippen molar-refractivity contribution in [1.29, 1.82) is 5.26 Å². The van der Waals surface area contributed by atoms with Gasteiger partial charge in [-0.05, 0) is 42.3 Å². The number of amides is 1. The standard InChI is InChI=1S/C25H19ClN2O/c1-17-7-9-18(10-8-17)22-15-24(19-5-3-2-4-6-19)28(25(29)23(22)16-27)21-13-11-20(26)12-14-21/h2-15,22-23H,1H3/t22-,23-/m1/s1. The minimum atomic E-state index is -0.805. The molecule has 0 N–H and O–H groups in total. The fourth-order valence-corrected chi connectivity index (χ4v) is 3.78. The number of carbonyl (C=O) groups excluding carboxylic acids is 1. The molecule has 0 aliphatic carbocycles. The van der Waals surface area contributed by atoms with Gasteiger partial charge in [0.1, 0.15) is 5.92 Å². The van der Waals surface area contributed by atoms with Gasteiger partial charge in [0.25, 0.3) is 0 Å². The van der Waals surface area contributed by atoms with Crippen LogP contribution in [0.15, 0.2) is 84.9 Å². The van der Waals surface area contributed by atoms with Crippen molar-refractivity contribution in [3.63, 3.8) is 0 Å². The quantitative estimate of drug-likeness (QED) is 0.546. The van der Waals surface area contributed by atoms with E-state index in [2.05, 4.69) is 6.07 Å². The molecule has 1 heterocycles. The van der Waals surface area contributed by atoms with Crippen LogP contribution in [-0.4, -0.2) is 5.91 Å². The van der Waals surface area contributed by atoms with E-state index >= 15 is 0 Å². The molecule has 0 saturated heterocycles. The van der Waals surface area contributed by atoms with Crippen LogP contribution in [-0.2, 0) is 4.79 Å². The molecule has 0 spiro atoms. The first-order chi connectivity index (χ1) is 14.1. The zero-order valence-electron chi connectivity index (χ0n) is 15.9. The van der Waals surface area contributed by atoms with E-state index in [0.29, 0.717) is 10.7 Å². The molecule has 0 fully saturated rings. The van der Waals surface area contributed by atoms with Crippen LogP contribution in [0.4, 0.5) is 5.69 Å². The van der Waals surface area contributed by atoms with Crippen LogP contribution in [0.5, 0.6) is 0 Å². The van der Waals surface area contributed by atoms with Crippen molar-refractivity contribution < 1.29 is 4.79 Å². The normalized spacial score (nSPS) is 18.9. The molecule has 1 aliphatic rings.